The van der Waals surface area contributed by atoms with Crippen molar-refractivity contribution in [3.8, 4) is 6.07 Å². The van der Waals surface area contributed by atoms with E-state index in [0.717, 1.165) is 0 Å². The fourth-order valence-corrected chi connectivity index (χ4v) is 1.52. The van der Waals surface area contributed by atoms with Crippen molar-refractivity contribution in [2.45, 2.75) is 13.3 Å². The Hall–Kier alpha value is -2.42. The maximum absolute atomic E-state index is 11.6. The number of nitro groups is 1. The van der Waals surface area contributed by atoms with Gasteiger partial charge < -0.3 is 4.90 Å². The number of aryl methyl sites for hydroxylation is 1. The third-order valence-electron chi connectivity index (χ3n) is 2.58. The van der Waals surface area contributed by atoms with Crippen molar-refractivity contribution in [2.24, 2.45) is 0 Å². The summed E-state index contributed by atoms with van der Waals surface area (Å²) >= 11 is 0. The number of nitriles is 1. The van der Waals surface area contributed by atoms with E-state index >= 15 is 0 Å². The van der Waals surface area contributed by atoms with E-state index in [1.165, 1.54) is 17.0 Å². The smallest absolute Gasteiger partial charge is 0.273 e. The number of nitrogens with zero attached hydrogens (tertiary/aromatic N) is 3. The van der Waals surface area contributed by atoms with Gasteiger partial charge in [0.2, 0.25) is 5.91 Å². The van der Waals surface area contributed by atoms with Crippen molar-refractivity contribution in [2.75, 3.05) is 14.1 Å². The van der Waals surface area contributed by atoms with Crippen LogP contribution in [-0.2, 0) is 11.2 Å². The molecule has 1 aromatic carbocycles. The molecule has 0 aliphatic carbocycles. The second-order valence-corrected chi connectivity index (χ2v) is 4.13. The lowest BCUT2D eigenvalue weighted by Crippen LogP contribution is -2.23. The summed E-state index contributed by atoms with van der Waals surface area (Å²) in [4.78, 5) is 23.2. The summed E-state index contributed by atoms with van der Waals surface area (Å²) in [6.45, 7) is 1.59. The van der Waals surface area contributed by atoms with Crippen LogP contribution in [0, 0.1) is 28.4 Å². The van der Waals surface area contributed by atoms with Crippen molar-refractivity contribution < 1.29 is 9.72 Å². The molecule has 0 aliphatic rings. The Balaban J connectivity index is 3.22. The zero-order valence-electron chi connectivity index (χ0n) is 10.4. The lowest BCUT2D eigenvalue weighted by Gasteiger charge is -2.11. The molecule has 0 atom stereocenters. The highest BCUT2D eigenvalue weighted by Crippen LogP contribution is 2.23. The largest absolute Gasteiger partial charge is 0.349 e. The number of hydrogen-bond acceptors (Lipinski definition) is 4. The molecule has 0 heterocycles. The number of rotatable bonds is 3. The Morgan fingerprint density at radius 3 is 2.56 bits per heavy atom. The van der Waals surface area contributed by atoms with Crippen LogP contribution in [0.5, 0.6) is 0 Å². The highest BCUT2D eigenvalue weighted by Gasteiger charge is 2.17. The van der Waals surface area contributed by atoms with Crippen LogP contribution in [0.3, 0.4) is 0 Å². The van der Waals surface area contributed by atoms with E-state index in [-0.39, 0.29) is 23.6 Å². The van der Waals surface area contributed by atoms with Crippen LogP contribution < -0.4 is 0 Å². The summed E-state index contributed by atoms with van der Waals surface area (Å²) in [6.07, 6.45) is 0.0642. The number of likely N-dealkylation sites (N-methyl/N-ethyl adjacent to an activating group) is 1. The van der Waals surface area contributed by atoms with Gasteiger partial charge in [-0.2, -0.15) is 5.26 Å². The first-order valence-electron chi connectivity index (χ1n) is 5.25. The molecule has 1 aromatic rings. The average molecular weight is 247 g/mol. The molecule has 0 fully saturated rings. The average Bonchev–Trinajstić information content (AvgIpc) is 2.28. The van der Waals surface area contributed by atoms with Gasteiger partial charge in [-0.15, -0.1) is 0 Å². The van der Waals surface area contributed by atoms with Gasteiger partial charge in [-0.3, -0.25) is 14.9 Å². The van der Waals surface area contributed by atoms with Gasteiger partial charge in [-0.25, -0.2) is 0 Å². The fraction of sp³-hybridized carbons (Fsp3) is 0.333. The van der Waals surface area contributed by atoms with Gasteiger partial charge in [0.1, 0.15) is 0 Å². The summed E-state index contributed by atoms with van der Waals surface area (Å²) in [7, 11) is 3.24. The second kappa shape index (κ2) is 5.27. The SMILES string of the molecule is Cc1cc(CC(=O)N(C)C)c(C#N)cc1[N+](=O)[O-]. The number of nitro benzene ring substituents is 1. The topological polar surface area (TPSA) is 87.2 Å². The molecular formula is C12H13N3O3. The Morgan fingerprint density at radius 2 is 2.11 bits per heavy atom. The summed E-state index contributed by atoms with van der Waals surface area (Å²) in [5, 5.41) is 19.7. The quantitative estimate of drug-likeness (QED) is 0.596. The number of benzene rings is 1. The Labute approximate surface area is 105 Å². The molecule has 6 nitrogen and oxygen atoms in total. The molecule has 0 saturated carbocycles. The van der Waals surface area contributed by atoms with Gasteiger partial charge >= 0.3 is 0 Å². The molecule has 6 heteroatoms. The van der Waals surface area contributed by atoms with Crippen LogP contribution in [-0.4, -0.2) is 29.8 Å². The highest BCUT2D eigenvalue weighted by atomic mass is 16.6. The van der Waals surface area contributed by atoms with E-state index < -0.39 is 4.92 Å². The molecule has 94 valence electrons. The standard InChI is InChI=1S/C12H13N3O3/c1-8-4-9(6-12(16)14(2)3)10(7-13)5-11(8)15(17)18/h4-5H,6H2,1-3H3. The fourth-order valence-electron chi connectivity index (χ4n) is 1.52. The summed E-state index contributed by atoms with van der Waals surface area (Å²) < 4.78 is 0. The minimum absolute atomic E-state index is 0.0642. The first-order valence-corrected chi connectivity index (χ1v) is 5.25. The predicted molar refractivity (Wildman–Crippen MR) is 64.9 cm³/mol. The molecule has 18 heavy (non-hydrogen) atoms. The first kappa shape index (κ1) is 13.6. The molecule has 0 aliphatic heterocycles. The van der Waals surface area contributed by atoms with Crippen molar-refractivity contribution in [3.63, 3.8) is 0 Å². The van der Waals surface area contributed by atoms with E-state index in [0.29, 0.717) is 11.1 Å². The van der Waals surface area contributed by atoms with E-state index in [9.17, 15) is 14.9 Å². The number of amides is 1. The van der Waals surface area contributed by atoms with Gasteiger partial charge in [-0.05, 0) is 18.6 Å². The van der Waals surface area contributed by atoms with Crippen LogP contribution in [0.4, 0.5) is 5.69 Å². The van der Waals surface area contributed by atoms with E-state index in [1.807, 2.05) is 6.07 Å². The predicted octanol–water partition coefficient (Wildman–Crippen LogP) is 1.41. The molecular weight excluding hydrogens is 234 g/mol. The molecule has 1 amide bonds. The lowest BCUT2D eigenvalue weighted by molar-refractivity contribution is -0.385. The van der Waals surface area contributed by atoms with Gasteiger partial charge in [0.15, 0.2) is 0 Å². The van der Waals surface area contributed by atoms with Crippen molar-refractivity contribution in [1.29, 1.82) is 5.26 Å². The highest BCUT2D eigenvalue weighted by molar-refractivity contribution is 5.79. The minimum Gasteiger partial charge on any atom is -0.349 e. The molecule has 0 spiro atoms. The Morgan fingerprint density at radius 1 is 1.50 bits per heavy atom. The first-order chi connectivity index (χ1) is 8.36. The van der Waals surface area contributed by atoms with Crippen molar-refractivity contribution in [3.05, 3.63) is 38.9 Å². The molecule has 0 saturated heterocycles. The third kappa shape index (κ3) is 2.83. The van der Waals surface area contributed by atoms with Crippen LogP contribution in [0.1, 0.15) is 16.7 Å². The molecule has 0 bridgehead atoms. The molecule has 0 radical (unpaired) electrons. The Bertz CT molecular complexity index is 544. The molecule has 1 rings (SSSR count). The Kier molecular flexibility index (Phi) is 4.00. The van der Waals surface area contributed by atoms with Crippen LogP contribution in [0.25, 0.3) is 0 Å². The second-order valence-electron chi connectivity index (χ2n) is 4.13. The molecule has 0 N–H and O–H groups in total. The summed E-state index contributed by atoms with van der Waals surface area (Å²) in [5.41, 5.74) is 1.02. The van der Waals surface area contributed by atoms with Crippen molar-refractivity contribution in [1.82, 2.24) is 4.90 Å². The maximum atomic E-state index is 11.6. The monoisotopic (exact) mass is 247 g/mol. The molecule has 0 unspecified atom stereocenters. The summed E-state index contributed by atoms with van der Waals surface area (Å²) in [6, 6.07) is 4.63. The molecule has 0 aromatic heterocycles. The van der Waals surface area contributed by atoms with E-state index in [2.05, 4.69) is 0 Å². The van der Waals surface area contributed by atoms with Gasteiger partial charge in [0.05, 0.1) is 23.0 Å². The van der Waals surface area contributed by atoms with Gasteiger partial charge in [0.25, 0.3) is 5.69 Å². The van der Waals surface area contributed by atoms with Crippen LogP contribution in [0.2, 0.25) is 0 Å². The van der Waals surface area contributed by atoms with E-state index in [4.69, 9.17) is 5.26 Å². The van der Waals surface area contributed by atoms with Gasteiger partial charge in [-0.1, -0.05) is 0 Å². The zero-order chi connectivity index (χ0) is 13.9. The van der Waals surface area contributed by atoms with Crippen molar-refractivity contribution >= 4 is 11.6 Å². The zero-order valence-corrected chi connectivity index (χ0v) is 10.4. The lowest BCUT2D eigenvalue weighted by atomic mass is 10.0. The van der Waals surface area contributed by atoms with Crippen LogP contribution in [0.15, 0.2) is 12.1 Å². The summed E-state index contributed by atoms with van der Waals surface area (Å²) in [5.74, 6) is -0.153. The van der Waals surface area contributed by atoms with Gasteiger partial charge in [0, 0.05) is 25.7 Å². The van der Waals surface area contributed by atoms with E-state index in [1.54, 1.807) is 21.0 Å². The number of hydrogen-bond donors (Lipinski definition) is 0. The third-order valence-corrected chi connectivity index (χ3v) is 2.58. The number of carbonyl (C=O) groups excluding carboxylic acids is 1. The maximum Gasteiger partial charge on any atom is 0.273 e. The number of carbonyl (C=O) groups is 1. The minimum atomic E-state index is -0.534. The van der Waals surface area contributed by atoms with Crippen LogP contribution >= 0.6 is 0 Å². The normalized spacial score (nSPS) is 9.67.